The number of hydrogen-bond acceptors (Lipinski definition) is 5. The molecule has 3 rings (SSSR count). The van der Waals surface area contributed by atoms with Crippen molar-refractivity contribution in [1.29, 1.82) is 0 Å². The number of ether oxygens (including phenoxy) is 2. The van der Waals surface area contributed by atoms with Crippen molar-refractivity contribution < 1.29 is 23.9 Å². The number of nitrogens with zero attached hydrogens (tertiary/aromatic N) is 1. The smallest absolute Gasteiger partial charge is 0.325 e. The largest absolute Gasteiger partial charge is 0.497 e. The highest BCUT2D eigenvalue weighted by Gasteiger charge is 2.44. The van der Waals surface area contributed by atoms with Crippen LogP contribution in [0.2, 0.25) is 0 Å². The maximum absolute atomic E-state index is 12.8. The maximum Gasteiger partial charge on any atom is 0.325 e. The van der Waals surface area contributed by atoms with E-state index in [0.717, 1.165) is 5.56 Å². The predicted octanol–water partition coefficient (Wildman–Crippen LogP) is 3.14. The van der Waals surface area contributed by atoms with Gasteiger partial charge in [0.25, 0.3) is 0 Å². The van der Waals surface area contributed by atoms with E-state index in [1.165, 1.54) is 12.0 Å². The quantitative estimate of drug-likeness (QED) is 0.756. The number of rotatable bonds is 5. The molecule has 0 bridgehead atoms. The van der Waals surface area contributed by atoms with Gasteiger partial charge in [0.2, 0.25) is 5.91 Å². The fourth-order valence-corrected chi connectivity index (χ4v) is 3.23. The summed E-state index contributed by atoms with van der Waals surface area (Å²) in [4.78, 5) is 38.2. The third-order valence-corrected chi connectivity index (χ3v) is 4.86. The molecule has 2 aromatic carbocycles. The molecule has 8 heteroatoms. The number of anilines is 3. The lowest BCUT2D eigenvalue weighted by Crippen LogP contribution is -2.39. The molecule has 3 amide bonds. The van der Waals surface area contributed by atoms with E-state index in [9.17, 15) is 14.4 Å². The zero-order valence-corrected chi connectivity index (χ0v) is 16.7. The van der Waals surface area contributed by atoms with Gasteiger partial charge < -0.3 is 25.0 Å². The second-order valence-corrected chi connectivity index (χ2v) is 7.13. The number of fused-ring (bicyclic) bond motifs is 1. The van der Waals surface area contributed by atoms with Crippen LogP contribution in [0.25, 0.3) is 0 Å². The molecule has 1 heterocycles. The Morgan fingerprint density at radius 2 is 1.62 bits per heavy atom. The van der Waals surface area contributed by atoms with Crippen molar-refractivity contribution >= 4 is 35.0 Å². The summed E-state index contributed by atoms with van der Waals surface area (Å²) in [6.45, 7) is 3.41. The third-order valence-electron chi connectivity index (χ3n) is 4.86. The molecule has 1 aliphatic heterocycles. The van der Waals surface area contributed by atoms with Gasteiger partial charge in [0.05, 0.1) is 19.6 Å². The number of carbonyl (C=O) groups is 3. The normalized spacial score (nSPS) is 14.2. The Balaban J connectivity index is 1.77. The lowest BCUT2D eigenvalue weighted by Gasteiger charge is -2.19. The van der Waals surface area contributed by atoms with Crippen LogP contribution in [0, 0.1) is 0 Å². The fraction of sp³-hybridized carbons (Fsp3) is 0.286. The Labute approximate surface area is 168 Å². The first-order chi connectivity index (χ1) is 13.8. The summed E-state index contributed by atoms with van der Waals surface area (Å²) in [5.41, 5.74) is 1.69. The first kappa shape index (κ1) is 20.2. The van der Waals surface area contributed by atoms with Gasteiger partial charge in [-0.15, -0.1) is 0 Å². The highest BCUT2D eigenvalue weighted by molar-refractivity contribution is 6.10. The number of urea groups is 1. The molecule has 0 spiro atoms. The summed E-state index contributed by atoms with van der Waals surface area (Å²) < 4.78 is 9.78. The van der Waals surface area contributed by atoms with Crippen LogP contribution >= 0.6 is 0 Å². The van der Waals surface area contributed by atoms with Crippen molar-refractivity contribution in [2.24, 2.45) is 0 Å². The SMILES string of the molecule is COC(=O)CN1C(=O)C(C)(C)c2cc(NC(=O)Nc3ccc(OC)cc3)ccc21. The average molecular weight is 397 g/mol. The van der Waals surface area contributed by atoms with Crippen LogP contribution in [0.4, 0.5) is 21.9 Å². The molecule has 2 aromatic rings. The minimum Gasteiger partial charge on any atom is -0.497 e. The van der Waals surface area contributed by atoms with Gasteiger partial charge in [-0.2, -0.15) is 0 Å². The lowest BCUT2D eigenvalue weighted by atomic mass is 9.86. The molecule has 0 aliphatic carbocycles. The number of carbonyl (C=O) groups excluding carboxylic acids is 3. The van der Waals surface area contributed by atoms with Crippen molar-refractivity contribution in [3.63, 3.8) is 0 Å². The van der Waals surface area contributed by atoms with Crippen LogP contribution in [-0.4, -0.2) is 38.7 Å². The summed E-state index contributed by atoms with van der Waals surface area (Å²) in [5, 5.41) is 5.50. The van der Waals surface area contributed by atoms with Gasteiger partial charge in [0.15, 0.2) is 0 Å². The maximum atomic E-state index is 12.8. The van der Waals surface area contributed by atoms with E-state index in [1.807, 2.05) is 0 Å². The van der Waals surface area contributed by atoms with Gasteiger partial charge in [-0.25, -0.2) is 4.79 Å². The van der Waals surface area contributed by atoms with Crippen LogP contribution in [0.5, 0.6) is 5.75 Å². The van der Waals surface area contributed by atoms with Crippen LogP contribution in [0.3, 0.4) is 0 Å². The van der Waals surface area contributed by atoms with E-state index in [-0.39, 0.29) is 12.5 Å². The van der Waals surface area contributed by atoms with E-state index in [2.05, 4.69) is 15.4 Å². The van der Waals surface area contributed by atoms with Gasteiger partial charge in [0.1, 0.15) is 12.3 Å². The zero-order chi connectivity index (χ0) is 21.2. The van der Waals surface area contributed by atoms with E-state index in [0.29, 0.717) is 22.8 Å². The molecule has 1 aliphatic rings. The minimum absolute atomic E-state index is 0.156. The molecule has 0 atom stereocenters. The first-order valence-corrected chi connectivity index (χ1v) is 9.01. The Bertz CT molecular complexity index is 953. The van der Waals surface area contributed by atoms with Gasteiger partial charge in [-0.1, -0.05) is 0 Å². The predicted molar refractivity (Wildman–Crippen MR) is 109 cm³/mol. The molecular weight excluding hydrogens is 374 g/mol. The summed E-state index contributed by atoms with van der Waals surface area (Å²) in [5.74, 6) is -0.00112. The fourth-order valence-electron chi connectivity index (χ4n) is 3.23. The number of nitrogens with one attached hydrogen (secondary N) is 2. The van der Waals surface area contributed by atoms with Crippen molar-refractivity contribution in [3.8, 4) is 5.75 Å². The number of benzene rings is 2. The monoisotopic (exact) mass is 397 g/mol. The second kappa shape index (κ2) is 7.83. The molecular formula is C21H23N3O5. The van der Waals surface area contributed by atoms with Crippen LogP contribution in [0.1, 0.15) is 19.4 Å². The Hall–Kier alpha value is -3.55. The highest BCUT2D eigenvalue weighted by atomic mass is 16.5. The Kier molecular flexibility index (Phi) is 5.45. The molecule has 0 unspecified atom stereocenters. The van der Waals surface area contributed by atoms with Crippen LogP contribution in [0.15, 0.2) is 42.5 Å². The van der Waals surface area contributed by atoms with Crippen LogP contribution in [-0.2, 0) is 19.7 Å². The molecule has 0 aromatic heterocycles. The van der Waals surface area contributed by atoms with Crippen molar-refractivity contribution in [1.82, 2.24) is 0 Å². The van der Waals surface area contributed by atoms with E-state index in [4.69, 9.17) is 4.74 Å². The molecule has 8 nitrogen and oxygen atoms in total. The van der Waals surface area contributed by atoms with Crippen molar-refractivity contribution in [2.75, 3.05) is 36.3 Å². The number of methoxy groups -OCH3 is 2. The van der Waals surface area contributed by atoms with Crippen LogP contribution < -0.4 is 20.3 Å². The van der Waals surface area contributed by atoms with Gasteiger partial charge in [0, 0.05) is 17.1 Å². The molecule has 152 valence electrons. The summed E-state index contributed by atoms with van der Waals surface area (Å²) >= 11 is 0. The molecule has 0 saturated carbocycles. The van der Waals surface area contributed by atoms with Gasteiger partial charge in [-0.05, 0) is 61.9 Å². The average Bonchev–Trinajstić information content (AvgIpc) is 2.89. The summed E-state index contributed by atoms with van der Waals surface area (Å²) in [7, 11) is 2.85. The molecule has 0 fully saturated rings. The third kappa shape index (κ3) is 4.01. The molecule has 0 saturated heterocycles. The van der Waals surface area contributed by atoms with Crippen molar-refractivity contribution in [3.05, 3.63) is 48.0 Å². The van der Waals surface area contributed by atoms with Gasteiger partial charge >= 0.3 is 12.0 Å². The second-order valence-electron chi connectivity index (χ2n) is 7.13. The van der Waals surface area contributed by atoms with E-state index >= 15 is 0 Å². The van der Waals surface area contributed by atoms with E-state index < -0.39 is 17.4 Å². The molecule has 2 N–H and O–H groups in total. The molecule has 0 radical (unpaired) electrons. The number of esters is 1. The zero-order valence-electron chi connectivity index (χ0n) is 16.7. The van der Waals surface area contributed by atoms with E-state index in [1.54, 1.807) is 63.4 Å². The number of hydrogen-bond donors (Lipinski definition) is 2. The topological polar surface area (TPSA) is 97.0 Å². The minimum atomic E-state index is -0.826. The standard InChI is InChI=1S/C21H23N3O5/c1-21(2)16-11-14(7-10-17(16)24(19(21)26)12-18(25)29-4)23-20(27)22-13-5-8-15(28-3)9-6-13/h5-11H,12H2,1-4H3,(H2,22,23,27). The first-order valence-electron chi connectivity index (χ1n) is 9.01. The Morgan fingerprint density at radius 3 is 2.24 bits per heavy atom. The molecule has 29 heavy (non-hydrogen) atoms. The summed E-state index contributed by atoms with van der Waals surface area (Å²) in [6, 6.07) is 11.7. The summed E-state index contributed by atoms with van der Waals surface area (Å²) in [6.07, 6.45) is 0. The van der Waals surface area contributed by atoms with Gasteiger partial charge in [-0.3, -0.25) is 9.59 Å². The highest BCUT2D eigenvalue weighted by Crippen LogP contribution is 2.42. The lowest BCUT2D eigenvalue weighted by molar-refractivity contribution is -0.140. The van der Waals surface area contributed by atoms with Crippen molar-refractivity contribution in [2.45, 2.75) is 19.3 Å². The number of amides is 3. The Morgan fingerprint density at radius 1 is 1.00 bits per heavy atom.